The van der Waals surface area contributed by atoms with Crippen molar-refractivity contribution in [2.45, 2.75) is 45.6 Å². The van der Waals surface area contributed by atoms with Gasteiger partial charge in [-0.25, -0.2) is 8.78 Å². The normalized spacial score (nSPS) is 12.0. The molecule has 0 radical (unpaired) electrons. The fraction of sp³-hybridized carbons (Fsp3) is 0.409. The number of methoxy groups -OCH3 is 1. The number of hydrogen-bond acceptors (Lipinski definition) is 4. The highest BCUT2D eigenvalue weighted by molar-refractivity contribution is 9.10. The van der Waals surface area contributed by atoms with E-state index in [1.165, 1.54) is 19.2 Å². The third kappa shape index (κ3) is 7.31. The molecular formula is C22H25BrF2O4. The Kier molecular flexibility index (Phi) is 8.89. The van der Waals surface area contributed by atoms with Crippen LogP contribution in [0.2, 0.25) is 0 Å². The lowest BCUT2D eigenvalue weighted by Crippen LogP contribution is -2.16. The Morgan fingerprint density at radius 2 is 1.93 bits per heavy atom. The minimum absolute atomic E-state index is 0.0504. The van der Waals surface area contributed by atoms with Crippen LogP contribution >= 0.6 is 15.9 Å². The van der Waals surface area contributed by atoms with Gasteiger partial charge < -0.3 is 14.2 Å². The number of halogens is 3. The van der Waals surface area contributed by atoms with Crippen molar-refractivity contribution in [2.24, 2.45) is 0 Å². The molecule has 0 aliphatic heterocycles. The molecule has 7 heteroatoms. The maximum atomic E-state index is 12.7. The van der Waals surface area contributed by atoms with Gasteiger partial charge in [-0.2, -0.15) is 0 Å². The number of ether oxygens (including phenoxy) is 3. The van der Waals surface area contributed by atoms with Gasteiger partial charge in [0.15, 0.2) is 0 Å². The van der Waals surface area contributed by atoms with Crippen molar-refractivity contribution in [2.75, 3.05) is 13.7 Å². The Labute approximate surface area is 178 Å². The van der Waals surface area contributed by atoms with Gasteiger partial charge in [0, 0.05) is 18.4 Å². The maximum absolute atomic E-state index is 12.7. The van der Waals surface area contributed by atoms with Crippen LogP contribution in [0.3, 0.4) is 0 Å². The Bertz CT molecular complexity index is 826. The molecule has 0 unspecified atom stereocenters. The standard InChI is InChI=1S/C22H25BrF2O4/c1-14-12-18(7-4-16(14)6-9-21(26)27-3)28-11-10-15(2)29-20-8-5-17(22(24)25)13-19(20)23/h4-5,7-8,12-13,15,22H,6,9-11H2,1-3H3/t15-/m1/s1. The van der Waals surface area contributed by atoms with Crippen LogP contribution in [-0.2, 0) is 16.0 Å². The SMILES string of the molecule is COC(=O)CCc1ccc(OCC[C@@H](C)Oc2ccc(C(F)F)cc2Br)cc1C. The predicted octanol–water partition coefficient (Wildman–Crippen LogP) is 6.04. The topological polar surface area (TPSA) is 44.8 Å². The van der Waals surface area contributed by atoms with Crippen molar-refractivity contribution >= 4 is 21.9 Å². The minimum Gasteiger partial charge on any atom is -0.493 e. The van der Waals surface area contributed by atoms with Crippen molar-refractivity contribution in [1.82, 2.24) is 0 Å². The van der Waals surface area contributed by atoms with Crippen LogP contribution in [0.25, 0.3) is 0 Å². The molecule has 0 aromatic heterocycles. The first-order chi connectivity index (χ1) is 13.8. The zero-order chi connectivity index (χ0) is 21.4. The van der Waals surface area contributed by atoms with Gasteiger partial charge in [0.2, 0.25) is 0 Å². The number of esters is 1. The first-order valence-electron chi connectivity index (χ1n) is 9.33. The van der Waals surface area contributed by atoms with Crippen molar-refractivity contribution in [3.05, 3.63) is 57.6 Å². The summed E-state index contributed by atoms with van der Waals surface area (Å²) in [6.07, 6.45) is -1.06. The average molecular weight is 471 g/mol. The van der Waals surface area contributed by atoms with E-state index in [2.05, 4.69) is 20.7 Å². The Hall–Kier alpha value is -2.15. The Morgan fingerprint density at radius 1 is 1.17 bits per heavy atom. The van der Waals surface area contributed by atoms with E-state index in [-0.39, 0.29) is 17.6 Å². The summed E-state index contributed by atoms with van der Waals surface area (Å²) in [5.41, 5.74) is 2.08. The second-order valence-corrected chi connectivity index (χ2v) is 7.57. The van der Waals surface area contributed by atoms with Gasteiger partial charge in [0.25, 0.3) is 6.43 Å². The maximum Gasteiger partial charge on any atom is 0.305 e. The van der Waals surface area contributed by atoms with Gasteiger partial charge in [-0.05, 0) is 77.7 Å². The average Bonchev–Trinajstić information content (AvgIpc) is 2.68. The molecule has 0 fully saturated rings. The van der Waals surface area contributed by atoms with Crippen LogP contribution in [0.1, 0.15) is 42.9 Å². The lowest BCUT2D eigenvalue weighted by atomic mass is 10.0. The van der Waals surface area contributed by atoms with Gasteiger partial charge in [0.05, 0.1) is 24.3 Å². The molecule has 4 nitrogen and oxygen atoms in total. The molecular weight excluding hydrogens is 446 g/mol. The number of hydrogen-bond donors (Lipinski definition) is 0. The largest absolute Gasteiger partial charge is 0.493 e. The van der Waals surface area contributed by atoms with Crippen LogP contribution < -0.4 is 9.47 Å². The van der Waals surface area contributed by atoms with Gasteiger partial charge in [-0.15, -0.1) is 0 Å². The molecule has 2 aromatic rings. The molecule has 0 aliphatic rings. The van der Waals surface area contributed by atoms with Gasteiger partial charge in [0.1, 0.15) is 11.5 Å². The van der Waals surface area contributed by atoms with E-state index in [9.17, 15) is 13.6 Å². The highest BCUT2D eigenvalue weighted by Gasteiger charge is 2.13. The Balaban J connectivity index is 1.82. The van der Waals surface area contributed by atoms with E-state index >= 15 is 0 Å². The smallest absolute Gasteiger partial charge is 0.305 e. The fourth-order valence-electron chi connectivity index (χ4n) is 2.74. The molecule has 1 atom stereocenters. The van der Waals surface area contributed by atoms with Crippen molar-refractivity contribution in [3.8, 4) is 11.5 Å². The number of rotatable bonds is 10. The van der Waals surface area contributed by atoms with E-state index in [0.29, 0.717) is 36.1 Å². The molecule has 0 spiro atoms. The molecule has 0 saturated heterocycles. The summed E-state index contributed by atoms with van der Waals surface area (Å²) in [6, 6.07) is 10.0. The van der Waals surface area contributed by atoms with Crippen LogP contribution in [-0.4, -0.2) is 25.8 Å². The molecule has 29 heavy (non-hydrogen) atoms. The second-order valence-electron chi connectivity index (χ2n) is 6.72. The highest BCUT2D eigenvalue weighted by atomic mass is 79.9. The molecule has 2 rings (SSSR count). The van der Waals surface area contributed by atoms with E-state index in [0.717, 1.165) is 16.9 Å². The van der Waals surface area contributed by atoms with Gasteiger partial charge in [-0.3, -0.25) is 4.79 Å². The predicted molar refractivity (Wildman–Crippen MR) is 111 cm³/mol. The van der Waals surface area contributed by atoms with E-state index in [1.54, 1.807) is 6.07 Å². The Morgan fingerprint density at radius 3 is 2.55 bits per heavy atom. The van der Waals surface area contributed by atoms with Crippen LogP contribution in [0.15, 0.2) is 40.9 Å². The monoisotopic (exact) mass is 470 g/mol. The molecule has 0 aliphatic carbocycles. The molecule has 0 saturated carbocycles. The summed E-state index contributed by atoms with van der Waals surface area (Å²) in [6.45, 7) is 4.33. The molecule has 0 N–H and O–H groups in total. The molecule has 0 bridgehead atoms. The molecule has 0 heterocycles. The van der Waals surface area contributed by atoms with Crippen LogP contribution in [0.4, 0.5) is 8.78 Å². The minimum atomic E-state index is -2.51. The number of carbonyl (C=O) groups excluding carboxylic acids is 1. The van der Waals surface area contributed by atoms with Crippen molar-refractivity contribution in [1.29, 1.82) is 0 Å². The first-order valence-corrected chi connectivity index (χ1v) is 10.1. The zero-order valence-corrected chi connectivity index (χ0v) is 18.3. The number of benzene rings is 2. The number of alkyl halides is 2. The second kappa shape index (κ2) is 11.1. The summed E-state index contributed by atoms with van der Waals surface area (Å²) in [4.78, 5) is 11.3. The summed E-state index contributed by atoms with van der Waals surface area (Å²) >= 11 is 3.27. The quantitative estimate of drug-likeness (QED) is 0.397. The van der Waals surface area contributed by atoms with Crippen molar-refractivity contribution in [3.63, 3.8) is 0 Å². The summed E-state index contributed by atoms with van der Waals surface area (Å²) in [7, 11) is 1.38. The van der Waals surface area contributed by atoms with Crippen molar-refractivity contribution < 1.29 is 27.8 Å². The zero-order valence-electron chi connectivity index (χ0n) is 16.7. The van der Waals surface area contributed by atoms with Gasteiger partial charge >= 0.3 is 5.97 Å². The lowest BCUT2D eigenvalue weighted by molar-refractivity contribution is -0.140. The number of aryl methyl sites for hydroxylation is 2. The van der Waals surface area contributed by atoms with Gasteiger partial charge in [-0.1, -0.05) is 6.07 Å². The van der Waals surface area contributed by atoms with Crippen LogP contribution in [0, 0.1) is 6.92 Å². The van der Waals surface area contributed by atoms with E-state index in [4.69, 9.17) is 9.47 Å². The third-order valence-corrected chi connectivity index (χ3v) is 5.09. The molecule has 0 amide bonds. The van der Waals surface area contributed by atoms with E-state index in [1.807, 2.05) is 32.0 Å². The summed E-state index contributed by atoms with van der Waals surface area (Å²) in [5.74, 6) is 1.04. The van der Waals surface area contributed by atoms with E-state index < -0.39 is 6.43 Å². The fourth-order valence-corrected chi connectivity index (χ4v) is 3.23. The lowest BCUT2D eigenvalue weighted by Gasteiger charge is -2.17. The molecule has 2 aromatic carbocycles. The third-order valence-electron chi connectivity index (χ3n) is 4.47. The number of carbonyl (C=O) groups is 1. The highest BCUT2D eigenvalue weighted by Crippen LogP contribution is 2.31. The first kappa shape index (κ1) is 23.1. The van der Waals surface area contributed by atoms with Crippen LogP contribution in [0.5, 0.6) is 11.5 Å². The molecule has 158 valence electrons. The summed E-state index contributed by atoms with van der Waals surface area (Å²) < 4.78 is 42.2. The summed E-state index contributed by atoms with van der Waals surface area (Å²) in [5, 5.41) is 0.